The maximum atomic E-state index is 12.5. The van der Waals surface area contributed by atoms with Crippen LogP contribution in [0.4, 0.5) is 0 Å². The molecule has 8 heteroatoms. The Morgan fingerprint density at radius 3 is 2.40 bits per heavy atom. The number of amides is 3. The van der Waals surface area contributed by atoms with Crippen molar-refractivity contribution in [2.75, 3.05) is 32.8 Å². The van der Waals surface area contributed by atoms with Crippen LogP contribution in [-0.4, -0.2) is 66.2 Å². The van der Waals surface area contributed by atoms with Crippen molar-refractivity contribution in [1.29, 1.82) is 0 Å². The molecule has 2 fully saturated rings. The molecule has 7 nitrogen and oxygen atoms in total. The van der Waals surface area contributed by atoms with Gasteiger partial charge in [0.2, 0.25) is 5.91 Å². The molecule has 3 aliphatic heterocycles. The highest BCUT2D eigenvalue weighted by Crippen LogP contribution is 2.31. The number of benzene rings is 1. The minimum absolute atomic E-state index is 0.246. The predicted molar refractivity (Wildman–Crippen MR) is 87.3 cm³/mol. The number of nitrogens with zero attached hydrogens (tertiary/aromatic N) is 2. The van der Waals surface area contributed by atoms with E-state index in [2.05, 4.69) is 0 Å². The van der Waals surface area contributed by atoms with Crippen molar-refractivity contribution in [3.8, 4) is 0 Å². The fourth-order valence-electron chi connectivity index (χ4n) is 3.52. The summed E-state index contributed by atoms with van der Waals surface area (Å²) in [5.41, 5.74) is 0.531. The van der Waals surface area contributed by atoms with Gasteiger partial charge >= 0.3 is 0 Å². The Morgan fingerprint density at radius 2 is 1.72 bits per heavy atom. The quantitative estimate of drug-likeness (QED) is 0.739. The number of halogens is 1. The Morgan fingerprint density at radius 1 is 1.08 bits per heavy atom. The Hall–Kier alpha value is -1.96. The molecule has 1 spiro atoms. The van der Waals surface area contributed by atoms with E-state index in [4.69, 9.17) is 21.1 Å². The van der Waals surface area contributed by atoms with Gasteiger partial charge in [-0.25, -0.2) is 0 Å². The lowest BCUT2D eigenvalue weighted by Gasteiger charge is -2.37. The van der Waals surface area contributed by atoms with Gasteiger partial charge in [-0.1, -0.05) is 11.6 Å². The van der Waals surface area contributed by atoms with E-state index in [1.54, 1.807) is 11.0 Å². The molecule has 0 saturated carbocycles. The first-order valence-electron chi connectivity index (χ1n) is 8.21. The Kier molecular flexibility index (Phi) is 4.02. The third kappa shape index (κ3) is 2.82. The van der Waals surface area contributed by atoms with Crippen molar-refractivity contribution >= 4 is 29.3 Å². The molecule has 3 heterocycles. The Balaban J connectivity index is 1.42. The summed E-state index contributed by atoms with van der Waals surface area (Å²) < 4.78 is 11.3. The molecule has 0 N–H and O–H groups in total. The normalized spacial score (nSPS) is 22.0. The van der Waals surface area contributed by atoms with Crippen molar-refractivity contribution in [2.24, 2.45) is 0 Å². The lowest BCUT2D eigenvalue weighted by Crippen LogP contribution is -2.50. The van der Waals surface area contributed by atoms with Gasteiger partial charge in [0.1, 0.15) is 6.54 Å². The summed E-state index contributed by atoms with van der Waals surface area (Å²) in [5, 5.41) is 0.381. The average molecular weight is 365 g/mol. The number of carbonyl (C=O) groups excluding carboxylic acids is 3. The minimum atomic E-state index is -0.566. The van der Waals surface area contributed by atoms with E-state index in [0.717, 1.165) is 4.90 Å². The highest BCUT2D eigenvalue weighted by molar-refractivity contribution is 6.32. The molecule has 0 unspecified atom stereocenters. The van der Waals surface area contributed by atoms with Crippen molar-refractivity contribution in [2.45, 2.75) is 18.6 Å². The van der Waals surface area contributed by atoms with Crippen LogP contribution in [0, 0.1) is 0 Å². The van der Waals surface area contributed by atoms with E-state index in [0.29, 0.717) is 44.2 Å². The highest BCUT2D eigenvalue weighted by Gasteiger charge is 2.42. The number of hydrogen-bond donors (Lipinski definition) is 0. The summed E-state index contributed by atoms with van der Waals surface area (Å²) in [4.78, 5) is 40.0. The van der Waals surface area contributed by atoms with Crippen molar-refractivity contribution in [3.63, 3.8) is 0 Å². The van der Waals surface area contributed by atoms with Crippen molar-refractivity contribution < 1.29 is 23.9 Å². The van der Waals surface area contributed by atoms with Gasteiger partial charge < -0.3 is 14.4 Å². The summed E-state index contributed by atoms with van der Waals surface area (Å²) in [6.45, 7) is 1.84. The maximum Gasteiger partial charge on any atom is 0.262 e. The number of hydrogen-bond acceptors (Lipinski definition) is 5. The molecule has 4 rings (SSSR count). The molecule has 0 aliphatic carbocycles. The fourth-order valence-corrected chi connectivity index (χ4v) is 3.70. The first-order chi connectivity index (χ1) is 12.0. The second-order valence-corrected chi connectivity index (χ2v) is 6.81. The topological polar surface area (TPSA) is 76.2 Å². The minimum Gasteiger partial charge on any atom is -0.347 e. The van der Waals surface area contributed by atoms with Gasteiger partial charge in [0.15, 0.2) is 5.79 Å². The molecule has 25 heavy (non-hydrogen) atoms. The number of carbonyl (C=O) groups is 3. The van der Waals surface area contributed by atoms with Crippen LogP contribution in [0.15, 0.2) is 18.2 Å². The first-order valence-corrected chi connectivity index (χ1v) is 8.58. The monoisotopic (exact) mass is 364 g/mol. The number of likely N-dealkylation sites (tertiary alicyclic amines) is 1. The molecule has 2 saturated heterocycles. The Labute approximate surface area is 149 Å². The summed E-state index contributed by atoms with van der Waals surface area (Å²) in [7, 11) is 0. The highest BCUT2D eigenvalue weighted by atomic mass is 35.5. The molecule has 0 atom stereocenters. The largest absolute Gasteiger partial charge is 0.347 e. The van der Waals surface area contributed by atoms with Gasteiger partial charge in [0.25, 0.3) is 11.8 Å². The Bertz CT molecular complexity index is 749. The SMILES string of the molecule is O=C(CN1C(=O)c2ccc(Cl)cc2C1=O)N1CCC2(CC1)OCCO2. The summed E-state index contributed by atoms with van der Waals surface area (Å²) in [5.74, 6) is -1.76. The summed E-state index contributed by atoms with van der Waals surface area (Å²) in [6.07, 6.45) is 1.19. The van der Waals surface area contributed by atoms with E-state index >= 15 is 0 Å². The number of ether oxygens (including phenoxy) is 2. The molecule has 3 aliphatic rings. The molecule has 1 aromatic carbocycles. The van der Waals surface area contributed by atoms with Crippen LogP contribution in [0.5, 0.6) is 0 Å². The van der Waals surface area contributed by atoms with E-state index in [1.165, 1.54) is 12.1 Å². The van der Waals surface area contributed by atoms with Gasteiger partial charge in [-0.3, -0.25) is 19.3 Å². The lowest BCUT2D eigenvalue weighted by atomic mass is 10.0. The molecule has 0 bridgehead atoms. The van der Waals surface area contributed by atoms with Crippen molar-refractivity contribution in [3.05, 3.63) is 34.3 Å². The van der Waals surface area contributed by atoms with Gasteiger partial charge in [-0.15, -0.1) is 0 Å². The zero-order chi connectivity index (χ0) is 17.6. The van der Waals surface area contributed by atoms with E-state index < -0.39 is 17.6 Å². The smallest absolute Gasteiger partial charge is 0.262 e. The summed E-state index contributed by atoms with van der Waals surface area (Å²) >= 11 is 5.89. The number of fused-ring (bicyclic) bond motifs is 1. The van der Waals surface area contributed by atoms with Gasteiger partial charge in [-0.2, -0.15) is 0 Å². The molecule has 0 radical (unpaired) electrons. The predicted octanol–water partition coefficient (Wildman–Crippen LogP) is 1.30. The van der Waals surface area contributed by atoms with Crippen LogP contribution in [0.3, 0.4) is 0 Å². The van der Waals surface area contributed by atoms with E-state index in [1.807, 2.05) is 0 Å². The molecular weight excluding hydrogens is 348 g/mol. The van der Waals surface area contributed by atoms with Gasteiger partial charge in [0, 0.05) is 31.0 Å². The molecule has 1 aromatic rings. The molecule has 0 aromatic heterocycles. The van der Waals surface area contributed by atoms with Crippen LogP contribution < -0.4 is 0 Å². The summed E-state index contributed by atoms with van der Waals surface area (Å²) in [6, 6.07) is 4.53. The van der Waals surface area contributed by atoms with Crippen LogP contribution in [0.1, 0.15) is 33.6 Å². The van der Waals surface area contributed by atoms with E-state index in [9.17, 15) is 14.4 Å². The average Bonchev–Trinajstić information content (AvgIpc) is 3.14. The number of rotatable bonds is 2. The maximum absolute atomic E-state index is 12.5. The van der Waals surface area contributed by atoms with Crippen molar-refractivity contribution in [1.82, 2.24) is 9.80 Å². The van der Waals surface area contributed by atoms with Gasteiger partial charge in [0.05, 0.1) is 24.3 Å². The zero-order valence-corrected chi connectivity index (χ0v) is 14.3. The molecule has 132 valence electrons. The first kappa shape index (κ1) is 16.5. The van der Waals surface area contributed by atoms with E-state index in [-0.39, 0.29) is 23.6 Å². The number of piperidine rings is 1. The molecular formula is C17H17ClN2O5. The lowest BCUT2D eigenvalue weighted by molar-refractivity contribution is -0.187. The van der Waals surface area contributed by atoms with Gasteiger partial charge in [-0.05, 0) is 18.2 Å². The third-order valence-corrected chi connectivity index (χ3v) is 5.15. The van der Waals surface area contributed by atoms with Crippen LogP contribution in [-0.2, 0) is 14.3 Å². The van der Waals surface area contributed by atoms with Crippen LogP contribution >= 0.6 is 11.6 Å². The fraction of sp³-hybridized carbons (Fsp3) is 0.471. The van der Waals surface area contributed by atoms with Crippen LogP contribution in [0.25, 0.3) is 0 Å². The van der Waals surface area contributed by atoms with Crippen LogP contribution in [0.2, 0.25) is 5.02 Å². The zero-order valence-electron chi connectivity index (χ0n) is 13.5. The third-order valence-electron chi connectivity index (χ3n) is 4.92. The second-order valence-electron chi connectivity index (χ2n) is 6.37. The standard InChI is InChI=1S/C17H17ClN2O5/c18-11-1-2-12-13(9-11)16(23)20(15(12)22)10-14(21)19-5-3-17(4-6-19)24-7-8-25-17/h1-2,9H,3-8,10H2. The molecule has 3 amide bonds. The second kappa shape index (κ2) is 6.09. The number of imide groups is 1.